The molecule has 0 amide bonds. The van der Waals surface area contributed by atoms with Gasteiger partial charge >= 0.3 is 5.97 Å². The Morgan fingerprint density at radius 3 is 2.47 bits per heavy atom. The largest absolute Gasteiger partial charge is 0.481 e. The summed E-state index contributed by atoms with van der Waals surface area (Å²) in [4.78, 5) is 13.1. The zero-order chi connectivity index (χ0) is 13.1. The first-order valence-corrected chi connectivity index (χ1v) is 6.64. The molecule has 4 nitrogen and oxygen atoms in total. The maximum Gasteiger partial charge on any atom is 0.307 e. The summed E-state index contributed by atoms with van der Waals surface area (Å²) in [6.45, 7) is 9.98. The van der Waals surface area contributed by atoms with E-state index in [4.69, 9.17) is 9.84 Å². The Balaban J connectivity index is 3.90. The zero-order valence-corrected chi connectivity index (χ0v) is 11.4. The molecule has 1 unspecified atom stereocenters. The minimum atomic E-state index is -0.712. The van der Waals surface area contributed by atoms with Gasteiger partial charge in [-0.1, -0.05) is 20.3 Å². The molecule has 0 aromatic rings. The van der Waals surface area contributed by atoms with Gasteiger partial charge in [0, 0.05) is 26.3 Å². The second-order valence-electron chi connectivity index (χ2n) is 4.44. The lowest BCUT2D eigenvalue weighted by atomic mass is 10.1. The number of carbonyl (C=O) groups is 1. The molecule has 0 aliphatic rings. The smallest absolute Gasteiger partial charge is 0.307 e. The Kier molecular flexibility index (Phi) is 10.2. The van der Waals surface area contributed by atoms with Gasteiger partial charge in [0.25, 0.3) is 0 Å². The van der Waals surface area contributed by atoms with E-state index in [0.29, 0.717) is 6.54 Å². The molecule has 102 valence electrons. The van der Waals surface area contributed by atoms with Crippen molar-refractivity contribution in [1.29, 1.82) is 0 Å². The quantitative estimate of drug-likeness (QED) is 0.567. The summed E-state index contributed by atoms with van der Waals surface area (Å²) in [5.74, 6) is -1.00. The van der Waals surface area contributed by atoms with Crippen molar-refractivity contribution in [1.82, 2.24) is 4.90 Å². The van der Waals surface area contributed by atoms with Gasteiger partial charge in [-0.2, -0.15) is 0 Å². The summed E-state index contributed by atoms with van der Waals surface area (Å²) < 4.78 is 5.30. The molecule has 1 atom stereocenters. The third-order valence-corrected chi connectivity index (χ3v) is 2.75. The van der Waals surface area contributed by atoms with Crippen LogP contribution in [0, 0.1) is 5.92 Å². The van der Waals surface area contributed by atoms with Gasteiger partial charge in [-0.15, -0.1) is 0 Å². The molecular formula is C13H27NO3. The first kappa shape index (κ1) is 16.4. The van der Waals surface area contributed by atoms with E-state index in [1.165, 1.54) is 0 Å². The van der Waals surface area contributed by atoms with E-state index in [0.717, 1.165) is 45.6 Å². The molecule has 0 aliphatic heterocycles. The minimum Gasteiger partial charge on any atom is -0.481 e. The number of rotatable bonds is 11. The van der Waals surface area contributed by atoms with E-state index in [1.54, 1.807) is 6.92 Å². The Hall–Kier alpha value is -0.610. The molecule has 4 heteroatoms. The van der Waals surface area contributed by atoms with Crippen LogP contribution < -0.4 is 0 Å². The highest BCUT2D eigenvalue weighted by molar-refractivity contribution is 5.69. The average molecular weight is 245 g/mol. The predicted octanol–water partition coefficient (Wildman–Crippen LogP) is 2.24. The predicted molar refractivity (Wildman–Crippen MR) is 69.3 cm³/mol. The number of nitrogens with zero attached hydrogens (tertiary/aromatic N) is 1. The second kappa shape index (κ2) is 10.5. The Morgan fingerprint density at radius 1 is 1.29 bits per heavy atom. The van der Waals surface area contributed by atoms with E-state index >= 15 is 0 Å². The highest BCUT2D eigenvalue weighted by Crippen LogP contribution is 2.04. The van der Waals surface area contributed by atoms with E-state index in [9.17, 15) is 4.79 Å². The molecule has 0 aliphatic carbocycles. The number of hydrogen-bond acceptors (Lipinski definition) is 3. The SMILES string of the molecule is CCCCN(CCCOCC)CC(C)C(=O)O. The van der Waals surface area contributed by atoms with Crippen molar-refractivity contribution in [3.05, 3.63) is 0 Å². The molecule has 0 aromatic heterocycles. The maximum atomic E-state index is 10.8. The Bertz CT molecular complexity index is 197. The highest BCUT2D eigenvalue weighted by atomic mass is 16.5. The van der Waals surface area contributed by atoms with Crippen molar-refractivity contribution in [3.63, 3.8) is 0 Å². The van der Waals surface area contributed by atoms with Crippen LogP contribution in [0.25, 0.3) is 0 Å². The molecule has 0 rings (SSSR count). The molecule has 0 saturated carbocycles. The van der Waals surface area contributed by atoms with Crippen molar-refractivity contribution < 1.29 is 14.6 Å². The van der Waals surface area contributed by atoms with Gasteiger partial charge in [-0.3, -0.25) is 4.79 Å². The Labute approximate surface area is 105 Å². The lowest BCUT2D eigenvalue weighted by Crippen LogP contribution is -2.34. The minimum absolute atomic E-state index is 0.293. The molecule has 0 bridgehead atoms. The van der Waals surface area contributed by atoms with Gasteiger partial charge < -0.3 is 14.7 Å². The lowest BCUT2D eigenvalue weighted by Gasteiger charge is -2.23. The summed E-state index contributed by atoms with van der Waals surface area (Å²) in [6, 6.07) is 0. The standard InChI is InChI=1S/C13H27NO3/c1-4-6-8-14(9-7-10-17-5-2)11-12(3)13(15)16/h12H,4-11H2,1-3H3,(H,15,16). The summed E-state index contributed by atoms with van der Waals surface area (Å²) in [5.41, 5.74) is 0. The van der Waals surface area contributed by atoms with Crippen LogP contribution >= 0.6 is 0 Å². The molecule has 0 radical (unpaired) electrons. The van der Waals surface area contributed by atoms with E-state index in [1.807, 2.05) is 6.92 Å². The van der Waals surface area contributed by atoms with Crippen molar-refractivity contribution >= 4 is 5.97 Å². The highest BCUT2D eigenvalue weighted by Gasteiger charge is 2.15. The molecule has 0 fully saturated rings. The monoisotopic (exact) mass is 245 g/mol. The van der Waals surface area contributed by atoms with Crippen molar-refractivity contribution in [3.8, 4) is 0 Å². The van der Waals surface area contributed by atoms with Crippen LogP contribution in [0.1, 0.15) is 40.0 Å². The van der Waals surface area contributed by atoms with Crippen molar-refractivity contribution in [2.45, 2.75) is 40.0 Å². The summed E-state index contributed by atoms with van der Waals surface area (Å²) in [6.07, 6.45) is 3.24. The molecule has 1 N–H and O–H groups in total. The fourth-order valence-corrected chi connectivity index (χ4v) is 1.68. The van der Waals surface area contributed by atoms with Crippen molar-refractivity contribution in [2.24, 2.45) is 5.92 Å². The third kappa shape index (κ3) is 9.12. The topological polar surface area (TPSA) is 49.8 Å². The average Bonchev–Trinajstić information content (AvgIpc) is 2.30. The lowest BCUT2D eigenvalue weighted by molar-refractivity contribution is -0.141. The Morgan fingerprint density at radius 2 is 1.94 bits per heavy atom. The first-order chi connectivity index (χ1) is 8.11. The van der Waals surface area contributed by atoms with E-state index in [2.05, 4.69) is 11.8 Å². The molecule has 0 spiro atoms. The summed E-state index contributed by atoms with van der Waals surface area (Å²) in [5, 5.41) is 8.91. The fourth-order valence-electron chi connectivity index (χ4n) is 1.68. The molecule has 0 heterocycles. The van der Waals surface area contributed by atoms with Gasteiger partial charge in [-0.25, -0.2) is 0 Å². The van der Waals surface area contributed by atoms with Crippen LogP contribution in [-0.2, 0) is 9.53 Å². The van der Waals surface area contributed by atoms with Crippen LogP contribution in [0.5, 0.6) is 0 Å². The number of carboxylic acid groups (broad SMARTS) is 1. The van der Waals surface area contributed by atoms with Crippen LogP contribution in [0.3, 0.4) is 0 Å². The first-order valence-electron chi connectivity index (χ1n) is 6.64. The normalized spacial score (nSPS) is 12.9. The van der Waals surface area contributed by atoms with Gasteiger partial charge in [0.05, 0.1) is 5.92 Å². The number of unbranched alkanes of at least 4 members (excludes halogenated alkanes) is 1. The summed E-state index contributed by atoms with van der Waals surface area (Å²) in [7, 11) is 0. The number of aliphatic carboxylic acids is 1. The van der Waals surface area contributed by atoms with Crippen molar-refractivity contribution in [2.75, 3.05) is 32.8 Å². The number of ether oxygens (including phenoxy) is 1. The van der Waals surface area contributed by atoms with Crippen LogP contribution in [0.4, 0.5) is 0 Å². The van der Waals surface area contributed by atoms with E-state index < -0.39 is 5.97 Å². The summed E-state index contributed by atoms with van der Waals surface area (Å²) >= 11 is 0. The zero-order valence-electron chi connectivity index (χ0n) is 11.4. The van der Waals surface area contributed by atoms with Gasteiger partial charge in [0.15, 0.2) is 0 Å². The fraction of sp³-hybridized carbons (Fsp3) is 0.923. The second-order valence-corrected chi connectivity index (χ2v) is 4.44. The number of hydrogen-bond donors (Lipinski definition) is 1. The third-order valence-electron chi connectivity index (χ3n) is 2.75. The number of carboxylic acids is 1. The van der Waals surface area contributed by atoms with Gasteiger partial charge in [0.1, 0.15) is 0 Å². The van der Waals surface area contributed by atoms with E-state index in [-0.39, 0.29) is 5.92 Å². The van der Waals surface area contributed by atoms with Crippen LogP contribution in [0.2, 0.25) is 0 Å². The maximum absolute atomic E-state index is 10.8. The molecular weight excluding hydrogens is 218 g/mol. The molecule has 17 heavy (non-hydrogen) atoms. The van der Waals surface area contributed by atoms with Crippen LogP contribution in [0.15, 0.2) is 0 Å². The van der Waals surface area contributed by atoms with Gasteiger partial charge in [-0.05, 0) is 26.3 Å². The van der Waals surface area contributed by atoms with Gasteiger partial charge in [0.2, 0.25) is 0 Å². The molecule has 0 aromatic carbocycles. The molecule has 0 saturated heterocycles. The van der Waals surface area contributed by atoms with Crippen LogP contribution in [-0.4, -0.2) is 48.8 Å².